The molecule has 0 radical (unpaired) electrons. The van der Waals surface area contributed by atoms with Gasteiger partial charge in [-0.15, -0.1) is 0 Å². The van der Waals surface area contributed by atoms with Crippen molar-refractivity contribution in [2.45, 2.75) is 104 Å². The molecule has 0 unspecified atom stereocenters. The van der Waals surface area contributed by atoms with Gasteiger partial charge in [0.15, 0.2) is 0 Å². The van der Waals surface area contributed by atoms with Gasteiger partial charge in [0.2, 0.25) is 0 Å². The van der Waals surface area contributed by atoms with Crippen LogP contribution in [-0.4, -0.2) is 151 Å². The Bertz CT molecular complexity index is 953. The third-order valence-corrected chi connectivity index (χ3v) is 8.81. The van der Waals surface area contributed by atoms with Crippen molar-refractivity contribution >= 4 is 5.97 Å². The van der Waals surface area contributed by atoms with Crippen LogP contribution in [0.25, 0.3) is 0 Å². The van der Waals surface area contributed by atoms with Gasteiger partial charge in [-0.1, -0.05) is 90.2 Å². The van der Waals surface area contributed by atoms with Crippen LogP contribution < -0.4 is 4.74 Å². The predicted molar refractivity (Wildman–Crippen MR) is 226 cm³/mol. The van der Waals surface area contributed by atoms with Crippen LogP contribution in [0.4, 0.5) is 0 Å². The molecule has 13 heteroatoms. The topological polar surface area (TPSA) is 128 Å². The van der Waals surface area contributed by atoms with Crippen LogP contribution >= 0.6 is 0 Å². The van der Waals surface area contributed by atoms with Gasteiger partial charge in [-0.25, -0.2) is 0 Å². The summed E-state index contributed by atoms with van der Waals surface area (Å²) in [6.45, 7) is 15.2. The molecule has 0 bridgehead atoms. The van der Waals surface area contributed by atoms with Crippen molar-refractivity contribution in [3.63, 3.8) is 0 Å². The molecular formula is C45H82O13. The summed E-state index contributed by atoms with van der Waals surface area (Å²) in [6.07, 6.45) is 16.5. The SMILES string of the molecule is CCCCCCCCC(=O)OCCOCCOCCOCCOCCOCCOCCOCCOCCOCCOCCOc1ccc(CCCCCCCC)cc1. The molecule has 0 aliphatic heterocycles. The molecule has 13 nitrogen and oxygen atoms in total. The molecular weight excluding hydrogens is 748 g/mol. The highest BCUT2D eigenvalue weighted by Gasteiger charge is 2.03. The summed E-state index contributed by atoms with van der Waals surface area (Å²) < 4.78 is 66.1. The summed E-state index contributed by atoms with van der Waals surface area (Å²) in [5.74, 6) is 0.740. The first-order chi connectivity index (χ1) is 28.8. The molecule has 1 aromatic rings. The van der Waals surface area contributed by atoms with Crippen molar-refractivity contribution in [1.82, 2.24) is 0 Å². The molecule has 0 heterocycles. The van der Waals surface area contributed by atoms with Crippen LogP contribution in [0.15, 0.2) is 24.3 Å². The lowest BCUT2D eigenvalue weighted by atomic mass is 10.0. The van der Waals surface area contributed by atoms with E-state index < -0.39 is 0 Å². The predicted octanol–water partition coefficient (Wildman–Crippen LogP) is 7.43. The zero-order chi connectivity index (χ0) is 41.5. The monoisotopic (exact) mass is 831 g/mol. The smallest absolute Gasteiger partial charge is 0.305 e. The summed E-state index contributed by atoms with van der Waals surface area (Å²) in [6, 6.07) is 8.43. The van der Waals surface area contributed by atoms with E-state index in [4.69, 9.17) is 56.8 Å². The minimum atomic E-state index is -0.143. The third kappa shape index (κ3) is 40.9. The van der Waals surface area contributed by atoms with E-state index in [0.29, 0.717) is 145 Å². The molecule has 340 valence electrons. The average Bonchev–Trinajstić information content (AvgIpc) is 3.24. The Morgan fingerprint density at radius 2 is 0.672 bits per heavy atom. The lowest BCUT2D eigenvalue weighted by Crippen LogP contribution is -2.15. The number of rotatable bonds is 48. The molecule has 0 aromatic heterocycles. The lowest BCUT2D eigenvalue weighted by molar-refractivity contribution is -0.145. The minimum absolute atomic E-state index is 0.143. The lowest BCUT2D eigenvalue weighted by Gasteiger charge is -2.09. The normalized spacial score (nSPS) is 11.4. The summed E-state index contributed by atoms with van der Waals surface area (Å²) >= 11 is 0. The molecule has 0 amide bonds. The number of carbonyl (C=O) groups is 1. The number of ether oxygens (including phenoxy) is 12. The van der Waals surface area contributed by atoms with Crippen LogP contribution in [0.5, 0.6) is 5.75 Å². The number of benzene rings is 1. The van der Waals surface area contributed by atoms with Gasteiger partial charge in [0.05, 0.1) is 132 Å². The van der Waals surface area contributed by atoms with Crippen molar-refractivity contribution < 1.29 is 61.6 Å². The summed E-state index contributed by atoms with van der Waals surface area (Å²) in [5.41, 5.74) is 1.38. The number of aryl methyl sites for hydroxylation is 1. The van der Waals surface area contributed by atoms with Gasteiger partial charge in [0, 0.05) is 6.42 Å². The Hall–Kier alpha value is -1.91. The maximum Gasteiger partial charge on any atom is 0.305 e. The third-order valence-electron chi connectivity index (χ3n) is 8.81. The van der Waals surface area contributed by atoms with Gasteiger partial charge < -0.3 is 56.8 Å². The number of hydrogen-bond acceptors (Lipinski definition) is 13. The molecule has 1 aromatic carbocycles. The summed E-state index contributed by atoms with van der Waals surface area (Å²) in [5, 5.41) is 0. The second-order valence-corrected chi connectivity index (χ2v) is 13.9. The van der Waals surface area contributed by atoms with Gasteiger partial charge in [-0.05, 0) is 37.0 Å². The van der Waals surface area contributed by atoms with Gasteiger partial charge in [-0.3, -0.25) is 4.79 Å². The number of esters is 1. The van der Waals surface area contributed by atoms with E-state index in [2.05, 4.69) is 26.0 Å². The minimum Gasteiger partial charge on any atom is -0.491 e. The molecule has 0 spiro atoms. The second-order valence-electron chi connectivity index (χ2n) is 13.9. The number of hydrogen-bond donors (Lipinski definition) is 0. The Balaban J connectivity index is 1.67. The van der Waals surface area contributed by atoms with E-state index in [9.17, 15) is 4.79 Å². The quantitative estimate of drug-likeness (QED) is 0.0478. The van der Waals surface area contributed by atoms with E-state index >= 15 is 0 Å². The highest BCUT2D eigenvalue weighted by Crippen LogP contribution is 2.15. The highest BCUT2D eigenvalue weighted by atomic mass is 16.6. The van der Waals surface area contributed by atoms with Gasteiger partial charge in [0.1, 0.15) is 19.0 Å². The fourth-order valence-electron chi connectivity index (χ4n) is 5.50. The first kappa shape index (κ1) is 54.1. The second kappa shape index (κ2) is 46.2. The van der Waals surface area contributed by atoms with Gasteiger partial charge in [-0.2, -0.15) is 0 Å². The maximum absolute atomic E-state index is 11.7. The first-order valence-corrected chi connectivity index (χ1v) is 22.4. The molecule has 0 saturated heterocycles. The highest BCUT2D eigenvalue weighted by molar-refractivity contribution is 5.69. The van der Waals surface area contributed by atoms with Crippen LogP contribution in [-0.2, 0) is 63.3 Å². The van der Waals surface area contributed by atoms with Gasteiger partial charge >= 0.3 is 5.97 Å². The molecule has 0 saturated carbocycles. The van der Waals surface area contributed by atoms with E-state index in [1.165, 1.54) is 69.8 Å². The average molecular weight is 831 g/mol. The van der Waals surface area contributed by atoms with Crippen LogP contribution in [0.1, 0.15) is 103 Å². The van der Waals surface area contributed by atoms with Crippen molar-refractivity contribution in [2.24, 2.45) is 0 Å². The van der Waals surface area contributed by atoms with E-state index in [-0.39, 0.29) is 12.6 Å². The zero-order valence-corrected chi connectivity index (χ0v) is 36.6. The van der Waals surface area contributed by atoms with Crippen LogP contribution in [0.2, 0.25) is 0 Å². The fourth-order valence-corrected chi connectivity index (χ4v) is 5.50. The van der Waals surface area contributed by atoms with Crippen LogP contribution in [0, 0.1) is 0 Å². The standard InChI is InChI=1S/C45H82O13/c1-3-5-7-9-11-13-15-43-17-19-44(20-18-43)57-41-39-55-37-35-53-33-31-51-29-27-49-25-23-47-21-22-48-24-26-50-28-30-52-32-34-54-36-38-56-40-42-58-45(46)16-14-12-10-8-6-4-2/h17-20H,3-16,21-42H2,1-2H3. The van der Waals surface area contributed by atoms with E-state index in [0.717, 1.165) is 25.0 Å². The van der Waals surface area contributed by atoms with Crippen molar-refractivity contribution in [3.8, 4) is 5.75 Å². The fraction of sp³-hybridized carbons (Fsp3) is 0.844. The molecule has 0 N–H and O–H groups in total. The Morgan fingerprint density at radius 3 is 1.05 bits per heavy atom. The van der Waals surface area contributed by atoms with Crippen molar-refractivity contribution in [2.75, 3.05) is 145 Å². The molecule has 58 heavy (non-hydrogen) atoms. The molecule has 0 fully saturated rings. The number of unbranched alkanes of at least 4 members (excludes halogenated alkanes) is 10. The van der Waals surface area contributed by atoms with Crippen LogP contribution in [0.3, 0.4) is 0 Å². The molecule has 0 atom stereocenters. The molecule has 0 aliphatic rings. The Kier molecular flexibility index (Phi) is 43.1. The Morgan fingerprint density at radius 1 is 0.362 bits per heavy atom. The van der Waals surface area contributed by atoms with Crippen molar-refractivity contribution in [1.29, 1.82) is 0 Å². The van der Waals surface area contributed by atoms with Crippen molar-refractivity contribution in [3.05, 3.63) is 29.8 Å². The largest absolute Gasteiger partial charge is 0.491 e. The maximum atomic E-state index is 11.7. The zero-order valence-electron chi connectivity index (χ0n) is 36.6. The molecule has 1 rings (SSSR count). The molecule has 0 aliphatic carbocycles. The summed E-state index contributed by atoms with van der Waals surface area (Å²) in [7, 11) is 0. The Labute approximate surface area is 351 Å². The van der Waals surface area contributed by atoms with E-state index in [1.807, 2.05) is 12.1 Å². The summed E-state index contributed by atoms with van der Waals surface area (Å²) in [4.78, 5) is 11.7. The van der Waals surface area contributed by atoms with E-state index in [1.54, 1.807) is 0 Å². The number of carbonyl (C=O) groups excluding carboxylic acids is 1. The first-order valence-electron chi connectivity index (χ1n) is 22.4. The van der Waals surface area contributed by atoms with Gasteiger partial charge in [0.25, 0.3) is 0 Å².